The number of hydrogen-bond acceptors (Lipinski definition) is 6. The van der Waals surface area contributed by atoms with E-state index < -0.39 is 5.97 Å². The van der Waals surface area contributed by atoms with Gasteiger partial charge in [0, 0.05) is 48.1 Å². The van der Waals surface area contributed by atoms with Gasteiger partial charge in [-0.2, -0.15) is 11.8 Å². The molecule has 1 aromatic carbocycles. The third-order valence-electron chi connectivity index (χ3n) is 8.01. The van der Waals surface area contributed by atoms with Gasteiger partial charge < -0.3 is 20.1 Å². The quantitative estimate of drug-likeness (QED) is 0.406. The Morgan fingerprint density at radius 2 is 2.09 bits per heavy atom. The number of aliphatic carboxylic acids is 1. The zero-order chi connectivity index (χ0) is 24.6. The highest BCUT2D eigenvalue weighted by Crippen LogP contribution is 2.35. The van der Waals surface area contributed by atoms with Gasteiger partial charge in [-0.1, -0.05) is 12.8 Å². The van der Waals surface area contributed by atoms with E-state index in [9.17, 15) is 9.90 Å². The molecule has 0 unspecified atom stereocenters. The SMILES string of the molecule is CN[C@@H](CC[C@@H]1CCN(CCSC2CCCC2)C[C@@H]1CC(=O)O)c1ccnc2ccc(OC)cc12. The summed E-state index contributed by atoms with van der Waals surface area (Å²) in [5.74, 6) is 2.02. The number of piperidine rings is 1. The second kappa shape index (κ2) is 12.9. The molecule has 2 fully saturated rings. The molecule has 0 spiro atoms. The van der Waals surface area contributed by atoms with Crippen LogP contribution in [0, 0.1) is 11.8 Å². The van der Waals surface area contributed by atoms with Crippen LogP contribution in [0.25, 0.3) is 10.9 Å². The lowest BCUT2D eigenvalue weighted by Crippen LogP contribution is -2.42. The van der Waals surface area contributed by atoms with Gasteiger partial charge in [0.15, 0.2) is 0 Å². The summed E-state index contributed by atoms with van der Waals surface area (Å²) >= 11 is 2.13. The van der Waals surface area contributed by atoms with Crippen molar-refractivity contribution in [2.45, 2.75) is 62.7 Å². The maximum absolute atomic E-state index is 11.7. The minimum absolute atomic E-state index is 0.193. The van der Waals surface area contributed by atoms with Gasteiger partial charge in [-0.25, -0.2) is 0 Å². The Bertz CT molecular complexity index is 966. The lowest BCUT2D eigenvalue weighted by atomic mass is 9.79. The molecule has 0 bridgehead atoms. The van der Waals surface area contributed by atoms with Gasteiger partial charge in [0.2, 0.25) is 0 Å². The molecule has 0 amide bonds. The Kier molecular flexibility index (Phi) is 9.69. The third-order valence-corrected chi connectivity index (χ3v) is 9.37. The zero-order valence-electron chi connectivity index (χ0n) is 21.2. The number of rotatable bonds is 12. The van der Waals surface area contributed by atoms with E-state index in [1.54, 1.807) is 7.11 Å². The van der Waals surface area contributed by atoms with Gasteiger partial charge in [0.05, 0.1) is 12.6 Å². The molecule has 0 radical (unpaired) electrons. The lowest BCUT2D eigenvalue weighted by molar-refractivity contribution is -0.139. The van der Waals surface area contributed by atoms with Crippen molar-refractivity contribution in [2.75, 3.05) is 39.5 Å². The van der Waals surface area contributed by atoms with Crippen LogP contribution in [0.1, 0.15) is 63.0 Å². The van der Waals surface area contributed by atoms with E-state index in [0.29, 0.717) is 5.92 Å². The second-order valence-electron chi connectivity index (χ2n) is 10.2. The fourth-order valence-corrected chi connectivity index (χ4v) is 7.38. The van der Waals surface area contributed by atoms with Crippen LogP contribution in [0.3, 0.4) is 0 Å². The van der Waals surface area contributed by atoms with Crippen molar-refractivity contribution in [1.29, 1.82) is 0 Å². The molecule has 1 saturated heterocycles. The zero-order valence-corrected chi connectivity index (χ0v) is 22.1. The molecule has 1 aromatic heterocycles. The molecule has 2 aromatic rings. The lowest BCUT2D eigenvalue weighted by Gasteiger charge is -2.39. The highest BCUT2D eigenvalue weighted by molar-refractivity contribution is 7.99. The number of fused-ring (bicyclic) bond motifs is 1. The van der Waals surface area contributed by atoms with E-state index in [1.165, 1.54) is 37.0 Å². The first-order valence-corrected chi connectivity index (χ1v) is 14.3. The molecule has 1 aliphatic heterocycles. The van der Waals surface area contributed by atoms with Crippen LogP contribution in [0.4, 0.5) is 0 Å². The Morgan fingerprint density at radius 1 is 1.26 bits per heavy atom. The number of benzene rings is 1. The Hall–Kier alpha value is -1.83. The number of aromatic nitrogens is 1. The molecule has 35 heavy (non-hydrogen) atoms. The van der Waals surface area contributed by atoms with Gasteiger partial charge in [-0.15, -0.1) is 0 Å². The minimum atomic E-state index is -0.667. The van der Waals surface area contributed by atoms with Gasteiger partial charge >= 0.3 is 5.97 Å². The number of carboxylic acid groups (broad SMARTS) is 1. The second-order valence-corrected chi connectivity index (χ2v) is 11.6. The van der Waals surface area contributed by atoms with Crippen LogP contribution in [0.2, 0.25) is 0 Å². The predicted octanol–water partition coefficient (Wildman–Crippen LogP) is 5.37. The molecular formula is C28H41N3O3S. The summed E-state index contributed by atoms with van der Waals surface area (Å²) in [6.07, 6.45) is 10.8. The van der Waals surface area contributed by atoms with Crippen molar-refractivity contribution in [1.82, 2.24) is 15.2 Å². The van der Waals surface area contributed by atoms with Crippen LogP contribution in [-0.2, 0) is 4.79 Å². The number of nitrogens with zero attached hydrogens (tertiary/aromatic N) is 2. The number of carbonyl (C=O) groups is 1. The molecule has 7 heteroatoms. The Balaban J connectivity index is 1.37. The summed E-state index contributed by atoms with van der Waals surface area (Å²) in [6.45, 7) is 3.10. The molecule has 6 nitrogen and oxygen atoms in total. The molecule has 2 aliphatic rings. The summed E-state index contributed by atoms with van der Waals surface area (Å²) in [4.78, 5) is 18.7. The molecular weight excluding hydrogens is 458 g/mol. The van der Waals surface area contributed by atoms with E-state index in [4.69, 9.17) is 4.74 Å². The van der Waals surface area contributed by atoms with E-state index in [1.807, 2.05) is 25.4 Å². The molecule has 1 aliphatic carbocycles. The van der Waals surface area contributed by atoms with E-state index in [-0.39, 0.29) is 18.4 Å². The molecule has 3 atom stereocenters. The van der Waals surface area contributed by atoms with Crippen molar-refractivity contribution in [3.05, 3.63) is 36.0 Å². The van der Waals surface area contributed by atoms with Crippen LogP contribution in [-0.4, -0.2) is 65.8 Å². The third kappa shape index (κ3) is 7.11. The van der Waals surface area contributed by atoms with Gasteiger partial charge in [-0.3, -0.25) is 9.78 Å². The minimum Gasteiger partial charge on any atom is -0.497 e. The molecule has 1 saturated carbocycles. The molecule has 4 rings (SSSR count). The van der Waals surface area contributed by atoms with E-state index in [2.05, 4.69) is 39.1 Å². The number of carboxylic acids is 1. The van der Waals surface area contributed by atoms with Crippen molar-refractivity contribution >= 4 is 28.6 Å². The average molecular weight is 500 g/mol. The fourth-order valence-electron chi connectivity index (χ4n) is 6.01. The number of ether oxygens (including phenoxy) is 1. The normalized spacial score (nSPS) is 22.5. The van der Waals surface area contributed by atoms with Gasteiger partial charge in [-0.05, 0) is 87.4 Å². The van der Waals surface area contributed by atoms with E-state index >= 15 is 0 Å². The molecule has 2 heterocycles. The summed E-state index contributed by atoms with van der Waals surface area (Å²) in [7, 11) is 3.70. The number of methoxy groups -OCH3 is 1. The van der Waals surface area contributed by atoms with Gasteiger partial charge in [0.1, 0.15) is 5.75 Å². The molecule has 192 valence electrons. The maximum Gasteiger partial charge on any atom is 0.303 e. The number of likely N-dealkylation sites (tertiary alicyclic amines) is 1. The standard InChI is InChI=1S/C28H41N3O3S/c1-29-26(24-11-13-30-27-10-8-22(34-2)18-25(24)27)9-7-20-12-14-31(19-21(20)17-28(32)33)15-16-35-23-5-3-4-6-23/h8,10-11,13,18,20-21,23,26,29H,3-7,9,12,14-17,19H2,1-2H3,(H,32,33)/t20-,21+,26+/m1/s1. The van der Waals surface area contributed by atoms with Crippen molar-refractivity contribution in [3.8, 4) is 5.75 Å². The van der Waals surface area contributed by atoms with Crippen LogP contribution in [0.15, 0.2) is 30.5 Å². The number of thioether (sulfide) groups is 1. The number of pyridine rings is 1. The summed E-state index contributed by atoms with van der Waals surface area (Å²) in [5, 5.41) is 15.1. The Labute approximate surface area is 214 Å². The predicted molar refractivity (Wildman–Crippen MR) is 144 cm³/mol. The van der Waals surface area contributed by atoms with Crippen molar-refractivity contribution < 1.29 is 14.6 Å². The monoisotopic (exact) mass is 499 g/mol. The smallest absolute Gasteiger partial charge is 0.303 e. The average Bonchev–Trinajstić information content (AvgIpc) is 3.38. The van der Waals surface area contributed by atoms with Crippen LogP contribution >= 0.6 is 11.8 Å². The molecule has 2 N–H and O–H groups in total. The summed E-state index contributed by atoms with van der Waals surface area (Å²) in [5.41, 5.74) is 2.20. The van der Waals surface area contributed by atoms with Crippen LogP contribution < -0.4 is 10.1 Å². The first-order chi connectivity index (χ1) is 17.1. The maximum atomic E-state index is 11.7. The van der Waals surface area contributed by atoms with Gasteiger partial charge in [0.25, 0.3) is 0 Å². The topological polar surface area (TPSA) is 74.7 Å². The number of hydrogen-bond donors (Lipinski definition) is 2. The highest BCUT2D eigenvalue weighted by atomic mass is 32.2. The van der Waals surface area contributed by atoms with E-state index in [0.717, 1.165) is 60.8 Å². The first kappa shape index (κ1) is 26.2. The summed E-state index contributed by atoms with van der Waals surface area (Å²) in [6, 6.07) is 8.32. The van der Waals surface area contributed by atoms with Crippen LogP contribution in [0.5, 0.6) is 5.75 Å². The first-order valence-electron chi connectivity index (χ1n) is 13.2. The largest absolute Gasteiger partial charge is 0.497 e. The van der Waals surface area contributed by atoms with Crippen molar-refractivity contribution in [3.63, 3.8) is 0 Å². The Morgan fingerprint density at radius 3 is 2.83 bits per heavy atom. The highest BCUT2D eigenvalue weighted by Gasteiger charge is 2.31. The fraction of sp³-hybridized carbons (Fsp3) is 0.643. The van der Waals surface area contributed by atoms with Crippen molar-refractivity contribution in [2.24, 2.45) is 11.8 Å². The summed E-state index contributed by atoms with van der Waals surface area (Å²) < 4.78 is 5.45. The number of nitrogens with one attached hydrogen (secondary N) is 1.